The first kappa shape index (κ1) is 15.4. The van der Waals surface area contributed by atoms with E-state index in [2.05, 4.69) is 4.98 Å². The second-order valence-corrected chi connectivity index (χ2v) is 6.01. The number of likely N-dealkylation sites (tertiary alicyclic amines) is 1. The highest BCUT2D eigenvalue weighted by Gasteiger charge is 2.28. The van der Waals surface area contributed by atoms with Crippen LogP contribution < -0.4 is 0 Å². The number of amides is 1. The minimum absolute atomic E-state index is 0.00508. The van der Waals surface area contributed by atoms with Crippen molar-refractivity contribution >= 4 is 11.7 Å². The molecule has 0 aliphatic carbocycles. The van der Waals surface area contributed by atoms with Crippen LogP contribution >= 0.6 is 0 Å². The molecule has 0 bridgehead atoms. The fraction of sp³-hybridized carbons (Fsp3) is 0.316. The zero-order chi connectivity index (χ0) is 16.2. The maximum absolute atomic E-state index is 12.5. The summed E-state index contributed by atoms with van der Waals surface area (Å²) >= 11 is 0. The van der Waals surface area contributed by atoms with Crippen molar-refractivity contribution in [3.8, 4) is 0 Å². The van der Waals surface area contributed by atoms with Crippen molar-refractivity contribution < 1.29 is 9.59 Å². The van der Waals surface area contributed by atoms with Gasteiger partial charge in [-0.05, 0) is 31.9 Å². The van der Waals surface area contributed by atoms with Crippen LogP contribution in [0.5, 0.6) is 0 Å². The molecule has 0 saturated carbocycles. The summed E-state index contributed by atoms with van der Waals surface area (Å²) in [5.74, 6) is 0.146. The Hall–Kier alpha value is -2.49. The Labute approximate surface area is 136 Å². The highest BCUT2D eigenvalue weighted by atomic mass is 16.2. The third-order valence-electron chi connectivity index (χ3n) is 4.37. The molecule has 23 heavy (non-hydrogen) atoms. The van der Waals surface area contributed by atoms with Gasteiger partial charge in [0.1, 0.15) is 5.69 Å². The largest absolute Gasteiger partial charge is 0.337 e. The van der Waals surface area contributed by atoms with Gasteiger partial charge in [0.05, 0.1) is 0 Å². The molecule has 1 fully saturated rings. The standard InChI is InChI=1S/C19H20N2O2/c1-14-5-7-15(8-6-14)18(22)16-9-12-21(13-10-16)19(23)17-4-2-3-11-20-17/h2-8,11,16H,9-10,12-13H2,1H3. The van der Waals surface area contributed by atoms with Crippen LogP contribution in [0.3, 0.4) is 0 Å². The smallest absolute Gasteiger partial charge is 0.272 e. The number of carbonyl (C=O) groups is 2. The predicted molar refractivity (Wildman–Crippen MR) is 88.4 cm³/mol. The van der Waals surface area contributed by atoms with Crippen LogP contribution in [0.4, 0.5) is 0 Å². The van der Waals surface area contributed by atoms with Gasteiger partial charge in [-0.15, -0.1) is 0 Å². The Morgan fingerprint density at radius 1 is 1.04 bits per heavy atom. The highest BCUT2D eigenvalue weighted by Crippen LogP contribution is 2.23. The van der Waals surface area contributed by atoms with E-state index in [1.54, 1.807) is 23.2 Å². The molecule has 4 nitrogen and oxygen atoms in total. The summed E-state index contributed by atoms with van der Waals surface area (Å²) in [6.07, 6.45) is 3.05. The Balaban J connectivity index is 1.61. The number of pyridine rings is 1. The van der Waals surface area contributed by atoms with Crippen LogP contribution in [0.25, 0.3) is 0 Å². The summed E-state index contributed by atoms with van der Waals surface area (Å²) < 4.78 is 0. The average Bonchev–Trinajstić information content (AvgIpc) is 2.62. The van der Waals surface area contributed by atoms with Crippen molar-refractivity contribution in [1.82, 2.24) is 9.88 Å². The fourth-order valence-corrected chi connectivity index (χ4v) is 2.95. The van der Waals surface area contributed by atoms with Gasteiger partial charge in [-0.1, -0.05) is 35.9 Å². The van der Waals surface area contributed by atoms with Gasteiger partial charge in [-0.25, -0.2) is 0 Å². The van der Waals surface area contributed by atoms with E-state index in [0.717, 1.165) is 11.1 Å². The van der Waals surface area contributed by atoms with E-state index in [-0.39, 0.29) is 17.6 Å². The molecule has 4 heteroatoms. The van der Waals surface area contributed by atoms with E-state index < -0.39 is 0 Å². The van der Waals surface area contributed by atoms with Crippen LogP contribution in [0, 0.1) is 12.8 Å². The summed E-state index contributed by atoms with van der Waals surface area (Å²) in [5, 5.41) is 0. The first-order chi connectivity index (χ1) is 11.1. The third kappa shape index (κ3) is 3.47. The molecule has 2 heterocycles. The van der Waals surface area contributed by atoms with Crippen molar-refractivity contribution in [1.29, 1.82) is 0 Å². The van der Waals surface area contributed by atoms with Gasteiger partial charge in [-0.2, -0.15) is 0 Å². The lowest BCUT2D eigenvalue weighted by atomic mass is 9.88. The molecule has 118 valence electrons. The minimum Gasteiger partial charge on any atom is -0.337 e. The number of aryl methyl sites for hydroxylation is 1. The Bertz CT molecular complexity index is 687. The molecule has 3 rings (SSSR count). The number of nitrogens with zero attached hydrogens (tertiary/aromatic N) is 2. The van der Waals surface area contributed by atoms with E-state index in [4.69, 9.17) is 0 Å². The molecule has 1 amide bonds. The topological polar surface area (TPSA) is 50.3 Å². The van der Waals surface area contributed by atoms with E-state index in [1.807, 2.05) is 37.3 Å². The molecular weight excluding hydrogens is 288 g/mol. The number of benzene rings is 1. The van der Waals surface area contributed by atoms with Gasteiger partial charge in [0, 0.05) is 30.8 Å². The first-order valence-corrected chi connectivity index (χ1v) is 7.96. The second kappa shape index (κ2) is 6.73. The van der Waals surface area contributed by atoms with E-state index >= 15 is 0 Å². The summed E-state index contributed by atoms with van der Waals surface area (Å²) in [7, 11) is 0. The van der Waals surface area contributed by atoms with Crippen molar-refractivity contribution in [2.24, 2.45) is 5.92 Å². The molecule has 1 saturated heterocycles. The number of rotatable bonds is 3. The lowest BCUT2D eigenvalue weighted by Gasteiger charge is -2.31. The number of ketones is 1. The molecule has 1 aliphatic rings. The molecule has 0 atom stereocenters. The lowest BCUT2D eigenvalue weighted by molar-refractivity contribution is 0.0645. The zero-order valence-electron chi connectivity index (χ0n) is 13.2. The molecular formula is C19H20N2O2. The number of aromatic nitrogens is 1. The van der Waals surface area contributed by atoms with Crippen LogP contribution in [0.2, 0.25) is 0 Å². The summed E-state index contributed by atoms with van der Waals surface area (Å²) in [4.78, 5) is 30.8. The SMILES string of the molecule is Cc1ccc(C(=O)C2CCN(C(=O)c3ccccn3)CC2)cc1. The first-order valence-electron chi connectivity index (χ1n) is 7.96. The lowest BCUT2D eigenvalue weighted by Crippen LogP contribution is -2.40. The summed E-state index contributed by atoms with van der Waals surface area (Å²) in [6, 6.07) is 13.1. The maximum Gasteiger partial charge on any atom is 0.272 e. The summed E-state index contributed by atoms with van der Waals surface area (Å²) in [6.45, 7) is 3.23. The molecule has 2 aromatic rings. The number of carbonyl (C=O) groups excluding carboxylic acids is 2. The highest BCUT2D eigenvalue weighted by molar-refractivity contribution is 5.98. The third-order valence-corrected chi connectivity index (χ3v) is 4.37. The normalized spacial score (nSPS) is 15.4. The van der Waals surface area contributed by atoms with Gasteiger partial charge >= 0.3 is 0 Å². The molecule has 0 unspecified atom stereocenters. The molecule has 1 aromatic carbocycles. The van der Waals surface area contributed by atoms with Gasteiger partial charge in [0.25, 0.3) is 5.91 Å². The number of hydrogen-bond acceptors (Lipinski definition) is 3. The van der Waals surface area contributed by atoms with Crippen molar-refractivity contribution in [3.63, 3.8) is 0 Å². The zero-order valence-corrected chi connectivity index (χ0v) is 13.2. The van der Waals surface area contributed by atoms with E-state index in [0.29, 0.717) is 31.6 Å². The predicted octanol–water partition coefficient (Wildman–Crippen LogP) is 3.13. The fourth-order valence-electron chi connectivity index (χ4n) is 2.95. The van der Waals surface area contributed by atoms with Gasteiger partial charge in [0.2, 0.25) is 0 Å². The Morgan fingerprint density at radius 3 is 2.35 bits per heavy atom. The van der Waals surface area contributed by atoms with E-state index in [9.17, 15) is 9.59 Å². The Kier molecular flexibility index (Phi) is 4.51. The quantitative estimate of drug-likeness (QED) is 0.819. The molecule has 0 spiro atoms. The van der Waals surface area contributed by atoms with Crippen LogP contribution in [0.15, 0.2) is 48.7 Å². The molecule has 0 N–H and O–H groups in total. The van der Waals surface area contributed by atoms with Crippen LogP contribution in [-0.4, -0.2) is 34.7 Å². The Morgan fingerprint density at radius 2 is 1.74 bits per heavy atom. The average molecular weight is 308 g/mol. The number of hydrogen-bond donors (Lipinski definition) is 0. The summed E-state index contributed by atoms with van der Waals surface area (Å²) in [5.41, 5.74) is 2.39. The van der Waals surface area contributed by atoms with Gasteiger partial charge in [0.15, 0.2) is 5.78 Å². The monoisotopic (exact) mass is 308 g/mol. The number of Topliss-reactive ketones (excluding diaryl/α,β-unsaturated/α-hetero) is 1. The van der Waals surface area contributed by atoms with Crippen molar-refractivity contribution in [2.45, 2.75) is 19.8 Å². The van der Waals surface area contributed by atoms with E-state index in [1.165, 1.54) is 0 Å². The maximum atomic E-state index is 12.5. The second-order valence-electron chi connectivity index (χ2n) is 6.01. The molecule has 1 aromatic heterocycles. The van der Waals surface area contributed by atoms with Crippen LogP contribution in [0.1, 0.15) is 39.3 Å². The van der Waals surface area contributed by atoms with Crippen LogP contribution in [-0.2, 0) is 0 Å². The van der Waals surface area contributed by atoms with Gasteiger partial charge in [-0.3, -0.25) is 14.6 Å². The van der Waals surface area contributed by atoms with Crippen molar-refractivity contribution in [2.75, 3.05) is 13.1 Å². The molecule has 1 aliphatic heterocycles. The number of piperidine rings is 1. The van der Waals surface area contributed by atoms with Gasteiger partial charge < -0.3 is 4.90 Å². The molecule has 0 radical (unpaired) electrons. The minimum atomic E-state index is -0.0492. The van der Waals surface area contributed by atoms with Crippen molar-refractivity contribution in [3.05, 3.63) is 65.5 Å².